The summed E-state index contributed by atoms with van der Waals surface area (Å²) in [5.74, 6) is 0.550. The van der Waals surface area contributed by atoms with E-state index in [0.29, 0.717) is 37.6 Å². The van der Waals surface area contributed by atoms with E-state index in [2.05, 4.69) is 0 Å². The highest BCUT2D eigenvalue weighted by atomic mass is 32.2. The Balaban J connectivity index is 1.60. The number of hydrogen-bond acceptors (Lipinski definition) is 5. The summed E-state index contributed by atoms with van der Waals surface area (Å²) in [6, 6.07) is 13.5. The van der Waals surface area contributed by atoms with E-state index < -0.39 is 0 Å². The van der Waals surface area contributed by atoms with Crippen molar-refractivity contribution in [3.05, 3.63) is 59.9 Å². The van der Waals surface area contributed by atoms with Crippen molar-refractivity contribution in [2.75, 3.05) is 23.9 Å². The van der Waals surface area contributed by atoms with E-state index in [1.165, 1.54) is 23.9 Å². The lowest BCUT2D eigenvalue weighted by atomic mass is 10.2. The van der Waals surface area contributed by atoms with E-state index in [4.69, 9.17) is 9.47 Å². The minimum Gasteiger partial charge on any atom is -0.494 e. The molecule has 1 amide bonds. The second-order valence-corrected chi connectivity index (χ2v) is 7.30. The highest BCUT2D eigenvalue weighted by Crippen LogP contribution is 2.42. The molecule has 0 radical (unpaired) electrons. The van der Waals surface area contributed by atoms with Crippen LogP contribution in [0, 0.1) is 5.82 Å². The summed E-state index contributed by atoms with van der Waals surface area (Å²) in [6.07, 6.45) is 0.902. The Bertz CT molecular complexity index is 810. The van der Waals surface area contributed by atoms with Crippen LogP contribution in [0.15, 0.2) is 48.5 Å². The standard InChI is InChI=1S/C21H22FNO4S/c1-2-26-20(25)4-3-13-27-18-11-9-17(10-12-18)23-19(24)14-28-21(23)15-5-7-16(22)8-6-15/h5-12,21H,2-4,13-14H2,1H3. The van der Waals surface area contributed by atoms with Gasteiger partial charge in [0.05, 0.1) is 19.0 Å². The average molecular weight is 403 g/mol. The summed E-state index contributed by atoms with van der Waals surface area (Å²) < 4.78 is 23.7. The Morgan fingerprint density at radius 2 is 1.89 bits per heavy atom. The molecular formula is C21H22FNO4S. The van der Waals surface area contributed by atoms with Crippen LogP contribution in [0.3, 0.4) is 0 Å². The van der Waals surface area contributed by atoms with Crippen molar-refractivity contribution < 1.29 is 23.5 Å². The zero-order valence-corrected chi connectivity index (χ0v) is 16.4. The zero-order chi connectivity index (χ0) is 19.9. The first-order valence-electron chi connectivity index (χ1n) is 9.16. The van der Waals surface area contributed by atoms with Gasteiger partial charge in [-0.05, 0) is 55.3 Å². The van der Waals surface area contributed by atoms with Crippen molar-refractivity contribution >= 4 is 29.3 Å². The number of thioether (sulfide) groups is 1. The van der Waals surface area contributed by atoms with Crippen LogP contribution in [0.25, 0.3) is 0 Å². The fourth-order valence-electron chi connectivity index (χ4n) is 2.92. The van der Waals surface area contributed by atoms with E-state index in [1.807, 2.05) is 12.1 Å². The molecule has 5 nitrogen and oxygen atoms in total. The molecular weight excluding hydrogens is 381 g/mol. The molecule has 0 saturated carbocycles. The van der Waals surface area contributed by atoms with Crippen molar-refractivity contribution in [3.8, 4) is 5.75 Å². The number of anilines is 1. The van der Waals surface area contributed by atoms with Gasteiger partial charge in [0.25, 0.3) is 0 Å². The van der Waals surface area contributed by atoms with Gasteiger partial charge < -0.3 is 9.47 Å². The molecule has 1 fully saturated rings. The number of rotatable bonds is 8. The van der Waals surface area contributed by atoms with Gasteiger partial charge in [-0.1, -0.05) is 12.1 Å². The van der Waals surface area contributed by atoms with Crippen LogP contribution in [0.1, 0.15) is 30.7 Å². The van der Waals surface area contributed by atoms with Gasteiger partial charge in [0, 0.05) is 12.1 Å². The number of carbonyl (C=O) groups excluding carboxylic acids is 2. The quantitative estimate of drug-likeness (QED) is 0.485. The largest absolute Gasteiger partial charge is 0.494 e. The van der Waals surface area contributed by atoms with Crippen LogP contribution >= 0.6 is 11.8 Å². The molecule has 0 aliphatic carbocycles. The molecule has 0 spiro atoms. The molecule has 7 heteroatoms. The summed E-state index contributed by atoms with van der Waals surface area (Å²) in [7, 11) is 0. The molecule has 1 saturated heterocycles. The number of amides is 1. The van der Waals surface area contributed by atoms with E-state index >= 15 is 0 Å². The predicted octanol–water partition coefficient (Wildman–Crippen LogP) is 4.33. The molecule has 148 valence electrons. The van der Waals surface area contributed by atoms with Crippen LogP contribution < -0.4 is 9.64 Å². The topological polar surface area (TPSA) is 55.8 Å². The van der Waals surface area contributed by atoms with Crippen molar-refractivity contribution in [2.24, 2.45) is 0 Å². The number of halogens is 1. The normalized spacial score (nSPS) is 16.3. The Morgan fingerprint density at radius 3 is 2.57 bits per heavy atom. The van der Waals surface area contributed by atoms with Gasteiger partial charge in [-0.2, -0.15) is 0 Å². The second kappa shape index (κ2) is 9.59. The van der Waals surface area contributed by atoms with Crippen molar-refractivity contribution in [2.45, 2.75) is 25.1 Å². The number of esters is 1. The molecule has 1 unspecified atom stereocenters. The predicted molar refractivity (Wildman–Crippen MR) is 107 cm³/mol. The summed E-state index contributed by atoms with van der Waals surface area (Å²) in [5.41, 5.74) is 1.65. The molecule has 28 heavy (non-hydrogen) atoms. The molecule has 0 bridgehead atoms. The van der Waals surface area contributed by atoms with Gasteiger partial charge >= 0.3 is 5.97 Å². The molecule has 1 aliphatic heterocycles. The minimum absolute atomic E-state index is 0.0161. The van der Waals surface area contributed by atoms with E-state index in [-0.39, 0.29) is 23.1 Å². The second-order valence-electron chi connectivity index (χ2n) is 6.23. The maximum Gasteiger partial charge on any atom is 0.305 e. The Labute approximate surface area is 167 Å². The summed E-state index contributed by atoms with van der Waals surface area (Å²) in [6.45, 7) is 2.57. The summed E-state index contributed by atoms with van der Waals surface area (Å²) in [5, 5.41) is -0.176. The first-order chi connectivity index (χ1) is 13.6. The third kappa shape index (κ3) is 5.04. The maximum atomic E-state index is 13.2. The first-order valence-corrected chi connectivity index (χ1v) is 10.2. The molecule has 2 aromatic carbocycles. The Hall–Kier alpha value is -2.54. The molecule has 0 aromatic heterocycles. The Morgan fingerprint density at radius 1 is 1.18 bits per heavy atom. The number of benzene rings is 2. The van der Waals surface area contributed by atoms with E-state index in [9.17, 15) is 14.0 Å². The van der Waals surface area contributed by atoms with E-state index in [1.54, 1.807) is 36.1 Å². The molecule has 2 aromatic rings. The number of ether oxygens (including phenoxy) is 2. The first kappa shape index (κ1) is 20.2. The monoisotopic (exact) mass is 403 g/mol. The lowest BCUT2D eigenvalue weighted by Gasteiger charge is -2.24. The van der Waals surface area contributed by atoms with Crippen LogP contribution in [0.4, 0.5) is 10.1 Å². The molecule has 3 rings (SSSR count). The van der Waals surface area contributed by atoms with Gasteiger partial charge in [-0.25, -0.2) is 4.39 Å². The van der Waals surface area contributed by atoms with Crippen LogP contribution in [-0.2, 0) is 14.3 Å². The smallest absolute Gasteiger partial charge is 0.305 e. The van der Waals surface area contributed by atoms with E-state index in [0.717, 1.165) is 11.3 Å². The van der Waals surface area contributed by atoms with Crippen LogP contribution in [-0.4, -0.2) is 30.8 Å². The summed E-state index contributed by atoms with van der Waals surface area (Å²) in [4.78, 5) is 25.4. The number of nitrogens with zero attached hydrogens (tertiary/aromatic N) is 1. The van der Waals surface area contributed by atoms with Crippen LogP contribution in [0.5, 0.6) is 5.75 Å². The highest BCUT2D eigenvalue weighted by molar-refractivity contribution is 8.00. The third-order valence-corrected chi connectivity index (χ3v) is 5.45. The van der Waals surface area contributed by atoms with Gasteiger partial charge in [0.1, 0.15) is 16.9 Å². The molecule has 1 aliphatic rings. The SMILES string of the molecule is CCOC(=O)CCCOc1ccc(N2C(=O)CSC2c2ccc(F)cc2)cc1. The van der Waals surface area contributed by atoms with Crippen LogP contribution in [0.2, 0.25) is 0 Å². The highest BCUT2D eigenvalue weighted by Gasteiger charge is 2.34. The van der Waals surface area contributed by atoms with Gasteiger partial charge in [0.2, 0.25) is 5.91 Å². The van der Waals surface area contributed by atoms with Crippen molar-refractivity contribution in [1.82, 2.24) is 0 Å². The summed E-state index contributed by atoms with van der Waals surface area (Å²) >= 11 is 1.52. The molecule has 1 atom stereocenters. The number of carbonyl (C=O) groups is 2. The van der Waals surface area contributed by atoms with Crippen molar-refractivity contribution in [1.29, 1.82) is 0 Å². The van der Waals surface area contributed by atoms with Gasteiger partial charge in [0.15, 0.2) is 0 Å². The molecule has 0 N–H and O–H groups in total. The Kier molecular flexibility index (Phi) is 6.92. The van der Waals surface area contributed by atoms with Gasteiger partial charge in [-0.15, -0.1) is 11.8 Å². The average Bonchev–Trinajstić information content (AvgIpc) is 3.08. The molecule has 1 heterocycles. The van der Waals surface area contributed by atoms with Gasteiger partial charge in [-0.3, -0.25) is 14.5 Å². The lowest BCUT2D eigenvalue weighted by Crippen LogP contribution is -2.27. The van der Waals surface area contributed by atoms with Crippen molar-refractivity contribution in [3.63, 3.8) is 0 Å². The number of hydrogen-bond donors (Lipinski definition) is 0. The third-order valence-electron chi connectivity index (χ3n) is 4.24. The maximum absolute atomic E-state index is 13.2. The lowest BCUT2D eigenvalue weighted by molar-refractivity contribution is -0.143. The zero-order valence-electron chi connectivity index (χ0n) is 15.6. The fourth-order valence-corrected chi connectivity index (χ4v) is 4.10. The minimum atomic E-state index is -0.297. The fraction of sp³-hybridized carbons (Fsp3) is 0.333.